The molecule has 1 aliphatic rings. The number of carbonyl (C=O) groups excluding carboxylic acids is 1. The van der Waals surface area contributed by atoms with Crippen molar-refractivity contribution in [3.63, 3.8) is 0 Å². The van der Waals surface area contributed by atoms with Gasteiger partial charge in [-0.25, -0.2) is 0 Å². The summed E-state index contributed by atoms with van der Waals surface area (Å²) in [6.07, 6.45) is 2.77. The van der Waals surface area contributed by atoms with Crippen molar-refractivity contribution in [3.05, 3.63) is 16.6 Å². The molecule has 2 rings (SSSR count). The minimum absolute atomic E-state index is 0.143. The van der Waals surface area contributed by atoms with E-state index in [2.05, 4.69) is 17.2 Å². The molecule has 1 aromatic heterocycles. The molecule has 4 heteroatoms. The molecule has 2 heterocycles. The molecule has 76 valence electrons. The molecular formula is C10H14N2OS. The van der Waals surface area contributed by atoms with E-state index in [1.165, 1.54) is 11.3 Å². The van der Waals surface area contributed by atoms with Gasteiger partial charge in [-0.2, -0.15) is 0 Å². The number of piperidine rings is 1. The molecule has 0 amide bonds. The molecule has 2 unspecified atom stereocenters. The summed E-state index contributed by atoms with van der Waals surface area (Å²) in [5.41, 5.74) is 1.72. The van der Waals surface area contributed by atoms with E-state index >= 15 is 0 Å². The van der Waals surface area contributed by atoms with Gasteiger partial charge in [-0.3, -0.25) is 9.78 Å². The Morgan fingerprint density at radius 1 is 1.71 bits per heavy atom. The van der Waals surface area contributed by atoms with Crippen LogP contribution in [-0.2, 0) is 0 Å². The first-order valence-electron chi connectivity index (χ1n) is 4.92. The van der Waals surface area contributed by atoms with Gasteiger partial charge in [0.2, 0.25) is 0 Å². The zero-order valence-electron chi connectivity index (χ0n) is 8.19. The minimum Gasteiger partial charge on any atom is -0.316 e. The van der Waals surface area contributed by atoms with Gasteiger partial charge in [0.25, 0.3) is 0 Å². The van der Waals surface area contributed by atoms with Crippen LogP contribution in [0.3, 0.4) is 0 Å². The largest absolute Gasteiger partial charge is 0.316 e. The summed E-state index contributed by atoms with van der Waals surface area (Å²) < 4.78 is 0. The van der Waals surface area contributed by atoms with Gasteiger partial charge >= 0.3 is 0 Å². The van der Waals surface area contributed by atoms with Gasteiger partial charge in [-0.15, -0.1) is 11.3 Å². The van der Waals surface area contributed by atoms with E-state index < -0.39 is 0 Å². The number of rotatable bonds is 2. The average molecular weight is 210 g/mol. The summed E-state index contributed by atoms with van der Waals surface area (Å²) in [4.78, 5) is 16.7. The van der Waals surface area contributed by atoms with Crippen molar-refractivity contribution in [1.29, 1.82) is 0 Å². The molecule has 0 spiro atoms. The molecule has 0 aromatic carbocycles. The molecule has 3 nitrogen and oxygen atoms in total. The fourth-order valence-electron chi connectivity index (χ4n) is 1.86. The molecule has 1 N–H and O–H groups in total. The summed E-state index contributed by atoms with van der Waals surface area (Å²) in [6.45, 7) is 4.01. The quantitative estimate of drug-likeness (QED) is 0.753. The topological polar surface area (TPSA) is 42.0 Å². The first kappa shape index (κ1) is 9.80. The van der Waals surface area contributed by atoms with E-state index in [-0.39, 0.29) is 11.7 Å². The molecule has 14 heavy (non-hydrogen) atoms. The number of aromatic nitrogens is 1. The Morgan fingerprint density at radius 2 is 2.57 bits per heavy atom. The third-order valence-corrected chi connectivity index (χ3v) is 3.63. The molecule has 1 aliphatic heterocycles. The Bertz CT molecular complexity index is 310. The highest BCUT2D eigenvalue weighted by atomic mass is 32.1. The lowest BCUT2D eigenvalue weighted by Gasteiger charge is -2.27. The van der Waals surface area contributed by atoms with Crippen molar-refractivity contribution in [2.24, 2.45) is 11.8 Å². The predicted molar refractivity (Wildman–Crippen MR) is 56.6 cm³/mol. The average Bonchev–Trinajstić information content (AvgIpc) is 2.70. The summed E-state index contributed by atoms with van der Waals surface area (Å²) in [5.74, 6) is 0.891. The van der Waals surface area contributed by atoms with Crippen LogP contribution in [0.5, 0.6) is 0 Å². The van der Waals surface area contributed by atoms with Gasteiger partial charge in [-0.1, -0.05) is 6.92 Å². The van der Waals surface area contributed by atoms with Crippen LogP contribution in [0.25, 0.3) is 0 Å². The number of thiazole rings is 1. The maximum absolute atomic E-state index is 12.0. The fraction of sp³-hybridized carbons (Fsp3) is 0.600. The Morgan fingerprint density at radius 3 is 3.21 bits per heavy atom. The van der Waals surface area contributed by atoms with E-state index in [0.717, 1.165) is 24.4 Å². The first-order valence-corrected chi connectivity index (χ1v) is 5.80. The number of Topliss-reactive ketones (excluding diaryl/α,β-unsaturated/α-hetero) is 1. The van der Waals surface area contributed by atoms with Crippen LogP contribution in [0.1, 0.15) is 23.0 Å². The second kappa shape index (κ2) is 4.19. The second-order valence-electron chi connectivity index (χ2n) is 3.81. The SMILES string of the molecule is CC1CCNCC1C(=O)c1cncs1. The molecule has 1 aromatic rings. The summed E-state index contributed by atoms with van der Waals surface area (Å²) in [6, 6.07) is 0. The zero-order valence-corrected chi connectivity index (χ0v) is 9.01. The lowest BCUT2D eigenvalue weighted by molar-refractivity contribution is 0.0857. The Kier molecular flexibility index (Phi) is 2.93. The first-order chi connectivity index (χ1) is 6.79. The van der Waals surface area contributed by atoms with Crippen LogP contribution in [0, 0.1) is 11.8 Å². The van der Waals surface area contributed by atoms with Gasteiger partial charge < -0.3 is 5.32 Å². The highest BCUT2D eigenvalue weighted by Crippen LogP contribution is 2.23. The molecule has 1 fully saturated rings. The molecule has 1 saturated heterocycles. The van der Waals surface area contributed by atoms with Crippen LogP contribution in [0.4, 0.5) is 0 Å². The highest BCUT2D eigenvalue weighted by molar-refractivity contribution is 7.11. The van der Waals surface area contributed by atoms with Crippen molar-refractivity contribution in [2.45, 2.75) is 13.3 Å². The maximum atomic E-state index is 12.0. The van der Waals surface area contributed by atoms with Crippen molar-refractivity contribution in [1.82, 2.24) is 10.3 Å². The third-order valence-electron chi connectivity index (χ3n) is 2.84. The Hall–Kier alpha value is -0.740. The molecule has 0 aliphatic carbocycles. The van der Waals surface area contributed by atoms with Crippen LogP contribution < -0.4 is 5.32 Å². The highest BCUT2D eigenvalue weighted by Gasteiger charge is 2.28. The van der Waals surface area contributed by atoms with Gasteiger partial charge in [0.1, 0.15) is 0 Å². The lowest BCUT2D eigenvalue weighted by Crippen LogP contribution is -2.39. The number of nitrogens with zero attached hydrogens (tertiary/aromatic N) is 1. The van der Waals surface area contributed by atoms with Crippen molar-refractivity contribution >= 4 is 17.1 Å². The van der Waals surface area contributed by atoms with Gasteiger partial charge in [0.05, 0.1) is 10.4 Å². The van der Waals surface area contributed by atoms with Crippen LogP contribution >= 0.6 is 11.3 Å². The second-order valence-corrected chi connectivity index (χ2v) is 4.69. The van der Waals surface area contributed by atoms with Crippen LogP contribution in [-0.4, -0.2) is 23.9 Å². The third kappa shape index (κ3) is 1.86. The number of hydrogen-bond donors (Lipinski definition) is 1. The summed E-state index contributed by atoms with van der Waals surface area (Å²) in [5, 5.41) is 3.27. The summed E-state index contributed by atoms with van der Waals surface area (Å²) >= 11 is 1.44. The molecule has 0 saturated carbocycles. The van der Waals surface area contributed by atoms with E-state index in [4.69, 9.17) is 0 Å². The number of ketones is 1. The van der Waals surface area contributed by atoms with Gasteiger partial charge in [0.15, 0.2) is 5.78 Å². The van der Waals surface area contributed by atoms with E-state index in [1.54, 1.807) is 11.7 Å². The minimum atomic E-state index is 0.143. The molecule has 0 bridgehead atoms. The Balaban J connectivity index is 2.10. The maximum Gasteiger partial charge on any atom is 0.179 e. The van der Waals surface area contributed by atoms with Crippen molar-refractivity contribution < 1.29 is 4.79 Å². The fourth-order valence-corrected chi connectivity index (χ4v) is 2.49. The van der Waals surface area contributed by atoms with Crippen molar-refractivity contribution in [2.75, 3.05) is 13.1 Å². The monoisotopic (exact) mass is 210 g/mol. The van der Waals surface area contributed by atoms with Crippen molar-refractivity contribution in [3.8, 4) is 0 Å². The molecule has 2 atom stereocenters. The lowest BCUT2D eigenvalue weighted by atomic mass is 9.84. The van der Waals surface area contributed by atoms with Crippen LogP contribution in [0.15, 0.2) is 11.7 Å². The molecular weight excluding hydrogens is 196 g/mol. The smallest absolute Gasteiger partial charge is 0.179 e. The van der Waals surface area contributed by atoms with Crippen LogP contribution in [0.2, 0.25) is 0 Å². The number of carbonyl (C=O) groups is 1. The normalized spacial score (nSPS) is 27.5. The number of nitrogens with one attached hydrogen (secondary N) is 1. The van der Waals surface area contributed by atoms with Gasteiger partial charge in [-0.05, 0) is 18.9 Å². The van der Waals surface area contributed by atoms with E-state index in [1.807, 2.05) is 0 Å². The number of hydrogen-bond acceptors (Lipinski definition) is 4. The standard InChI is InChI=1S/C10H14N2OS/c1-7-2-3-11-4-8(7)10(13)9-5-12-6-14-9/h5-8,11H,2-4H2,1H3. The van der Waals surface area contributed by atoms with E-state index in [9.17, 15) is 4.79 Å². The van der Waals surface area contributed by atoms with Gasteiger partial charge in [0, 0.05) is 18.7 Å². The van der Waals surface area contributed by atoms with E-state index in [0.29, 0.717) is 5.92 Å². The Labute approximate surface area is 87.6 Å². The zero-order chi connectivity index (χ0) is 9.97. The molecule has 0 radical (unpaired) electrons. The predicted octanol–water partition coefficient (Wildman–Crippen LogP) is 1.57. The summed E-state index contributed by atoms with van der Waals surface area (Å²) in [7, 11) is 0.